The maximum absolute atomic E-state index is 12.6. The average molecular weight is 406 g/mol. The van der Waals surface area contributed by atoms with Gasteiger partial charge >= 0.3 is 5.97 Å². The third-order valence-corrected chi connectivity index (χ3v) is 4.04. The smallest absolute Gasteiger partial charge is 0.303 e. The molecule has 4 amide bonds. The maximum Gasteiger partial charge on any atom is 0.303 e. The Kier molecular flexibility index (Phi) is 9.30. The summed E-state index contributed by atoms with van der Waals surface area (Å²) in [6.45, 7) is 2.68. The van der Waals surface area contributed by atoms with E-state index in [9.17, 15) is 24.0 Å². The number of carbonyl (C=O) groups excluding carboxylic acids is 4. The minimum atomic E-state index is -1.17. The number of carbonyl (C=O) groups is 5. The van der Waals surface area contributed by atoms with Gasteiger partial charge in [0.2, 0.25) is 23.6 Å². The second-order valence-electron chi connectivity index (χ2n) is 6.57. The fourth-order valence-corrected chi connectivity index (χ4v) is 2.53. The lowest BCUT2D eigenvalue weighted by Crippen LogP contribution is -2.55. The van der Waals surface area contributed by atoms with Gasteiger partial charge in [0.15, 0.2) is 0 Å². The van der Waals surface area contributed by atoms with Crippen molar-refractivity contribution in [1.29, 1.82) is 0 Å². The molecule has 1 aromatic carbocycles. The van der Waals surface area contributed by atoms with E-state index in [4.69, 9.17) is 10.8 Å². The molecular formula is C19H26N4O6. The second kappa shape index (κ2) is 11.4. The number of carboxylic acids is 1. The largest absolute Gasteiger partial charge is 0.481 e. The number of hydrogen-bond acceptors (Lipinski definition) is 5. The van der Waals surface area contributed by atoms with Crippen LogP contribution in [0, 0.1) is 0 Å². The fraction of sp³-hybridized carbons (Fsp3) is 0.421. The number of benzene rings is 1. The van der Waals surface area contributed by atoms with Gasteiger partial charge in [-0.25, -0.2) is 0 Å². The number of nitrogens with one attached hydrogen (secondary N) is 3. The molecule has 10 heteroatoms. The van der Waals surface area contributed by atoms with Gasteiger partial charge in [-0.3, -0.25) is 24.0 Å². The van der Waals surface area contributed by atoms with E-state index in [1.807, 2.05) is 6.07 Å². The molecular weight excluding hydrogens is 380 g/mol. The van der Waals surface area contributed by atoms with Crippen LogP contribution in [-0.2, 0) is 30.4 Å². The fourth-order valence-electron chi connectivity index (χ4n) is 2.53. The summed E-state index contributed by atoms with van der Waals surface area (Å²) in [4.78, 5) is 58.3. The maximum atomic E-state index is 12.6. The molecule has 158 valence electrons. The average Bonchev–Trinajstić information content (AvgIpc) is 2.64. The van der Waals surface area contributed by atoms with Crippen molar-refractivity contribution in [3.63, 3.8) is 0 Å². The summed E-state index contributed by atoms with van der Waals surface area (Å²) in [5.74, 6) is -3.69. The quantitative estimate of drug-likeness (QED) is 0.318. The predicted octanol–water partition coefficient (Wildman–Crippen LogP) is -0.927. The van der Waals surface area contributed by atoms with E-state index in [-0.39, 0.29) is 19.3 Å². The van der Waals surface area contributed by atoms with Crippen molar-refractivity contribution < 1.29 is 29.1 Å². The van der Waals surface area contributed by atoms with Gasteiger partial charge in [0.25, 0.3) is 0 Å². The Morgan fingerprint density at radius 2 is 1.59 bits per heavy atom. The zero-order valence-electron chi connectivity index (χ0n) is 16.3. The molecule has 3 atom stereocenters. The number of amides is 4. The lowest BCUT2D eigenvalue weighted by Gasteiger charge is -2.22. The van der Waals surface area contributed by atoms with E-state index in [1.165, 1.54) is 13.8 Å². The van der Waals surface area contributed by atoms with Crippen LogP contribution in [0.1, 0.15) is 32.3 Å². The van der Waals surface area contributed by atoms with Crippen LogP contribution in [-0.4, -0.2) is 52.8 Å². The molecule has 29 heavy (non-hydrogen) atoms. The van der Waals surface area contributed by atoms with Gasteiger partial charge in [-0.2, -0.15) is 0 Å². The summed E-state index contributed by atoms with van der Waals surface area (Å²) in [5, 5.41) is 16.1. The Hall–Kier alpha value is -3.43. The lowest BCUT2D eigenvalue weighted by molar-refractivity contribution is -0.138. The van der Waals surface area contributed by atoms with Crippen molar-refractivity contribution in [2.45, 2.75) is 51.2 Å². The van der Waals surface area contributed by atoms with Crippen molar-refractivity contribution in [2.24, 2.45) is 5.73 Å². The van der Waals surface area contributed by atoms with Crippen molar-refractivity contribution in [3.8, 4) is 0 Å². The van der Waals surface area contributed by atoms with Gasteiger partial charge < -0.3 is 26.8 Å². The van der Waals surface area contributed by atoms with Gasteiger partial charge in [0.1, 0.15) is 18.1 Å². The molecule has 0 spiro atoms. The number of hydrogen-bond donors (Lipinski definition) is 5. The molecule has 1 unspecified atom stereocenters. The topological polar surface area (TPSA) is 168 Å². The van der Waals surface area contributed by atoms with Gasteiger partial charge in [0, 0.05) is 19.8 Å². The van der Waals surface area contributed by atoms with Gasteiger partial charge in [-0.15, -0.1) is 0 Å². The van der Waals surface area contributed by atoms with E-state index in [0.29, 0.717) is 0 Å². The molecule has 6 N–H and O–H groups in total. The highest BCUT2D eigenvalue weighted by molar-refractivity contribution is 5.93. The molecule has 1 aromatic rings. The minimum absolute atomic E-state index is 0.167. The van der Waals surface area contributed by atoms with Crippen LogP contribution in [0.2, 0.25) is 0 Å². The van der Waals surface area contributed by atoms with Crippen LogP contribution in [0.4, 0.5) is 0 Å². The Labute approximate surface area is 168 Å². The second-order valence-corrected chi connectivity index (χ2v) is 6.57. The summed E-state index contributed by atoms with van der Waals surface area (Å²) < 4.78 is 0. The Morgan fingerprint density at radius 1 is 0.966 bits per heavy atom. The molecule has 0 bridgehead atoms. The summed E-state index contributed by atoms with van der Waals surface area (Å²) >= 11 is 0. The van der Waals surface area contributed by atoms with E-state index >= 15 is 0 Å². The van der Waals surface area contributed by atoms with Crippen molar-refractivity contribution >= 4 is 29.6 Å². The third-order valence-electron chi connectivity index (χ3n) is 4.04. The summed E-state index contributed by atoms with van der Waals surface area (Å²) in [6.07, 6.45) is -0.293. The van der Waals surface area contributed by atoms with Crippen LogP contribution < -0.4 is 21.7 Å². The third kappa shape index (κ3) is 8.87. The number of rotatable bonds is 11. The first kappa shape index (κ1) is 23.6. The Balaban J connectivity index is 2.73. The molecule has 0 fully saturated rings. The van der Waals surface area contributed by atoms with Crippen LogP contribution in [0.5, 0.6) is 0 Å². The SMILES string of the molecule is CC(=O)NC(Cc1ccccc1)C(=O)N[C@@H](C)C(=O)N[C@@H](CCC(=O)O)C(N)=O. The van der Waals surface area contributed by atoms with E-state index < -0.39 is 47.7 Å². The number of carboxylic acid groups (broad SMARTS) is 1. The Morgan fingerprint density at radius 3 is 2.10 bits per heavy atom. The highest BCUT2D eigenvalue weighted by atomic mass is 16.4. The molecule has 0 aromatic heterocycles. The Bertz CT molecular complexity index is 752. The normalized spacial score (nSPS) is 13.4. The summed E-state index contributed by atoms with van der Waals surface area (Å²) in [5.41, 5.74) is 6.00. The van der Waals surface area contributed by atoms with Crippen LogP contribution >= 0.6 is 0 Å². The van der Waals surface area contributed by atoms with Crippen molar-refractivity contribution in [1.82, 2.24) is 16.0 Å². The molecule has 0 saturated heterocycles. The van der Waals surface area contributed by atoms with Gasteiger partial charge in [-0.05, 0) is 18.9 Å². The lowest BCUT2D eigenvalue weighted by atomic mass is 10.0. The minimum Gasteiger partial charge on any atom is -0.481 e. The van der Waals surface area contributed by atoms with Crippen molar-refractivity contribution in [3.05, 3.63) is 35.9 Å². The van der Waals surface area contributed by atoms with E-state index in [2.05, 4.69) is 16.0 Å². The van der Waals surface area contributed by atoms with Crippen LogP contribution in [0.3, 0.4) is 0 Å². The molecule has 10 nitrogen and oxygen atoms in total. The first-order valence-corrected chi connectivity index (χ1v) is 9.03. The molecule has 0 aliphatic carbocycles. The summed E-state index contributed by atoms with van der Waals surface area (Å²) in [6, 6.07) is 5.92. The van der Waals surface area contributed by atoms with Gasteiger partial charge in [-0.1, -0.05) is 30.3 Å². The summed E-state index contributed by atoms with van der Waals surface area (Å²) in [7, 11) is 0. The van der Waals surface area contributed by atoms with Gasteiger partial charge in [0.05, 0.1) is 0 Å². The molecule has 0 aliphatic rings. The van der Waals surface area contributed by atoms with E-state index in [0.717, 1.165) is 5.56 Å². The standard InChI is InChI=1S/C19H26N4O6/c1-11(18(28)23-14(17(20)27)8-9-16(25)26)21-19(29)15(22-12(2)24)10-13-6-4-3-5-7-13/h3-7,11,14-15H,8-10H2,1-2H3,(H2,20,27)(H,21,29)(H,22,24)(H,23,28)(H,25,26)/t11-,14-,15?/m0/s1. The highest BCUT2D eigenvalue weighted by Gasteiger charge is 2.26. The monoisotopic (exact) mass is 406 g/mol. The zero-order valence-corrected chi connectivity index (χ0v) is 16.3. The number of aliphatic carboxylic acids is 1. The van der Waals surface area contributed by atoms with Crippen molar-refractivity contribution in [2.75, 3.05) is 0 Å². The molecule has 0 radical (unpaired) electrons. The number of nitrogens with two attached hydrogens (primary N) is 1. The highest BCUT2D eigenvalue weighted by Crippen LogP contribution is 2.04. The molecule has 0 aliphatic heterocycles. The first-order valence-electron chi connectivity index (χ1n) is 9.03. The molecule has 1 rings (SSSR count). The zero-order chi connectivity index (χ0) is 22.0. The first-order chi connectivity index (χ1) is 13.6. The molecule has 0 saturated carbocycles. The van der Waals surface area contributed by atoms with E-state index in [1.54, 1.807) is 24.3 Å². The van der Waals surface area contributed by atoms with Crippen LogP contribution in [0.15, 0.2) is 30.3 Å². The predicted molar refractivity (Wildman–Crippen MR) is 103 cm³/mol. The van der Waals surface area contributed by atoms with Crippen LogP contribution in [0.25, 0.3) is 0 Å². The molecule has 0 heterocycles. The number of primary amides is 1.